The molecule has 3 N–H and O–H groups in total. The number of hydrogen-bond acceptors (Lipinski definition) is 7. The van der Waals surface area contributed by atoms with Crippen LogP contribution in [0.3, 0.4) is 0 Å². The summed E-state index contributed by atoms with van der Waals surface area (Å²) >= 11 is 0. The Morgan fingerprint density at radius 3 is 2.10 bits per heavy atom. The van der Waals surface area contributed by atoms with E-state index >= 15 is 0 Å². The fourth-order valence-electron chi connectivity index (χ4n) is 6.57. The van der Waals surface area contributed by atoms with Crippen molar-refractivity contribution in [1.82, 2.24) is 5.32 Å². The molecule has 0 bridgehead atoms. The van der Waals surface area contributed by atoms with Crippen LogP contribution in [0.1, 0.15) is 78.6 Å². The molecule has 0 aliphatic carbocycles. The first-order valence-electron chi connectivity index (χ1n) is 13.8. The smallest absolute Gasteiger partial charge is 0.278 e. The highest BCUT2D eigenvalue weighted by molar-refractivity contribution is 6.77. The monoisotopic (exact) mass is 555 g/mol. The molecule has 1 spiro atoms. The first-order valence-corrected chi connectivity index (χ1v) is 15.9. The molecule has 8 nitrogen and oxygen atoms in total. The molecular weight excluding hydrogens is 514 g/mol. The largest absolute Gasteiger partial charge is 0.462 e. The highest BCUT2D eigenvalue weighted by atomic mass is 28.4. The van der Waals surface area contributed by atoms with Crippen LogP contribution in [-0.2, 0) is 25.2 Å². The molecule has 1 fully saturated rings. The summed E-state index contributed by atoms with van der Waals surface area (Å²) in [6, 6.07) is 12.0. The Hall–Kier alpha value is -2.72. The summed E-state index contributed by atoms with van der Waals surface area (Å²) < 4.78 is 19.2. The number of carbonyl (C=O) groups excluding carboxylic acids is 2. The Morgan fingerprint density at radius 2 is 1.59 bits per heavy atom. The van der Waals surface area contributed by atoms with Crippen molar-refractivity contribution >= 4 is 25.8 Å². The van der Waals surface area contributed by atoms with Gasteiger partial charge in [0.15, 0.2) is 23.3 Å². The number of rotatable bonds is 9. The van der Waals surface area contributed by atoms with E-state index in [-0.39, 0.29) is 28.0 Å². The van der Waals surface area contributed by atoms with Crippen molar-refractivity contribution in [2.24, 2.45) is 0 Å². The van der Waals surface area contributed by atoms with E-state index in [0.717, 1.165) is 0 Å². The third-order valence-corrected chi connectivity index (χ3v) is 14.6. The van der Waals surface area contributed by atoms with Crippen LogP contribution in [-0.4, -0.2) is 47.7 Å². The zero-order valence-corrected chi connectivity index (χ0v) is 25.1. The quantitative estimate of drug-likeness (QED) is 0.294. The lowest BCUT2D eigenvalue weighted by Crippen LogP contribution is -2.65. The Morgan fingerprint density at radius 1 is 1.00 bits per heavy atom. The third-order valence-electron chi connectivity index (χ3n) is 8.50. The summed E-state index contributed by atoms with van der Waals surface area (Å²) in [7, 11) is -2.84. The summed E-state index contributed by atoms with van der Waals surface area (Å²) in [5.41, 5.74) is -3.84. The third kappa shape index (κ3) is 4.30. The number of Topliss-reactive ketones (excluding diaryl/α,β-unsaturated/α-hetero) is 1. The van der Waals surface area contributed by atoms with Crippen molar-refractivity contribution in [1.29, 1.82) is 0 Å². The van der Waals surface area contributed by atoms with Crippen molar-refractivity contribution in [3.05, 3.63) is 65.1 Å². The molecule has 4 atom stereocenters. The standard InChI is InChI=1S/C30H41NO7Si/c1-9-22-15-16-23(36-22)24-20(8)25(32)29(37-24)27(38-39(17(2)3,18(4)5)19(6)7)30(35,31-28(29)34)26(33)21-13-11-10-12-14-21/h10-19,26-27,33,35H,9H2,1-8H3,(H,31,34)/t26?,27-,29-,30-/m1/s1. The number of ketones is 1. The van der Waals surface area contributed by atoms with E-state index in [1.807, 2.05) is 6.92 Å². The Kier molecular flexibility index (Phi) is 7.77. The lowest BCUT2D eigenvalue weighted by molar-refractivity contribution is -0.177. The van der Waals surface area contributed by atoms with Crippen molar-refractivity contribution < 1.29 is 33.4 Å². The zero-order chi connectivity index (χ0) is 28.9. The minimum Gasteiger partial charge on any atom is -0.462 e. The molecule has 212 valence electrons. The molecular formula is C30H41NO7Si. The fourth-order valence-corrected chi connectivity index (χ4v) is 12.1. The van der Waals surface area contributed by atoms with Crippen LogP contribution in [0.5, 0.6) is 0 Å². The average Bonchev–Trinajstić information content (AvgIpc) is 3.53. The molecule has 3 heterocycles. The second-order valence-corrected chi connectivity index (χ2v) is 17.1. The molecule has 1 amide bonds. The van der Waals surface area contributed by atoms with Gasteiger partial charge in [-0.2, -0.15) is 0 Å². The van der Waals surface area contributed by atoms with Crippen LogP contribution >= 0.6 is 0 Å². The Balaban J connectivity index is 1.91. The number of hydrogen-bond donors (Lipinski definition) is 3. The predicted octanol–water partition coefficient (Wildman–Crippen LogP) is 5.02. The highest BCUT2D eigenvalue weighted by Gasteiger charge is 2.75. The second kappa shape index (κ2) is 10.4. The van der Waals surface area contributed by atoms with Gasteiger partial charge in [0.1, 0.15) is 11.9 Å². The molecule has 1 aromatic carbocycles. The molecule has 2 aromatic rings. The van der Waals surface area contributed by atoms with Gasteiger partial charge >= 0.3 is 0 Å². The molecule has 39 heavy (non-hydrogen) atoms. The molecule has 0 saturated carbocycles. The van der Waals surface area contributed by atoms with E-state index in [4.69, 9.17) is 13.6 Å². The lowest BCUT2D eigenvalue weighted by atomic mass is 9.84. The number of aryl methyl sites for hydroxylation is 1. The van der Waals surface area contributed by atoms with Gasteiger partial charge in [-0.1, -0.05) is 78.8 Å². The summed E-state index contributed by atoms with van der Waals surface area (Å²) in [6.45, 7) is 15.9. The predicted molar refractivity (Wildman–Crippen MR) is 150 cm³/mol. The van der Waals surface area contributed by atoms with Gasteiger partial charge in [-0.25, -0.2) is 0 Å². The first kappa shape index (κ1) is 29.3. The van der Waals surface area contributed by atoms with Gasteiger partial charge < -0.3 is 29.1 Å². The van der Waals surface area contributed by atoms with Crippen molar-refractivity contribution in [3.8, 4) is 0 Å². The zero-order valence-electron chi connectivity index (χ0n) is 24.1. The van der Waals surface area contributed by atoms with Gasteiger partial charge in [0.05, 0.1) is 0 Å². The fraction of sp³-hybridized carbons (Fsp3) is 0.533. The number of carbonyl (C=O) groups is 2. The minimum atomic E-state index is -2.84. The molecule has 2 aliphatic rings. The van der Waals surface area contributed by atoms with Crippen LogP contribution in [0.4, 0.5) is 0 Å². The summed E-state index contributed by atoms with van der Waals surface area (Å²) in [5.74, 6) is -0.323. The summed E-state index contributed by atoms with van der Waals surface area (Å²) in [6.07, 6.45) is -2.49. The molecule has 1 unspecified atom stereocenters. The van der Waals surface area contributed by atoms with Crippen LogP contribution in [0, 0.1) is 0 Å². The summed E-state index contributed by atoms with van der Waals surface area (Å²) in [4.78, 5) is 28.0. The molecule has 4 rings (SSSR count). The van der Waals surface area contributed by atoms with E-state index in [1.165, 1.54) is 0 Å². The number of furan rings is 1. The number of benzene rings is 1. The number of aliphatic hydroxyl groups is 2. The van der Waals surface area contributed by atoms with Gasteiger partial charge in [-0.15, -0.1) is 0 Å². The van der Waals surface area contributed by atoms with Gasteiger partial charge in [0, 0.05) is 12.0 Å². The maximum absolute atomic E-state index is 14.1. The van der Waals surface area contributed by atoms with E-state index in [1.54, 1.807) is 49.4 Å². The van der Waals surface area contributed by atoms with Crippen molar-refractivity contribution in [3.63, 3.8) is 0 Å². The van der Waals surface area contributed by atoms with Crippen LogP contribution < -0.4 is 5.32 Å². The first-order chi connectivity index (χ1) is 18.3. The number of ether oxygens (including phenoxy) is 1. The van der Waals surface area contributed by atoms with Gasteiger partial charge in [-0.05, 0) is 41.2 Å². The normalized spacial score (nSPS) is 26.3. The molecule has 9 heteroatoms. The van der Waals surface area contributed by atoms with E-state index in [0.29, 0.717) is 23.5 Å². The number of aliphatic hydroxyl groups excluding tert-OH is 1. The van der Waals surface area contributed by atoms with Crippen molar-refractivity contribution in [2.45, 2.75) is 102 Å². The van der Waals surface area contributed by atoms with E-state index in [9.17, 15) is 19.8 Å². The number of amides is 1. The molecule has 1 saturated heterocycles. The van der Waals surface area contributed by atoms with Gasteiger partial charge in [-0.3, -0.25) is 9.59 Å². The lowest BCUT2D eigenvalue weighted by Gasteiger charge is -2.48. The van der Waals surface area contributed by atoms with E-state index in [2.05, 4.69) is 46.9 Å². The van der Waals surface area contributed by atoms with Crippen LogP contribution in [0.2, 0.25) is 16.6 Å². The SMILES string of the molecule is CCc1ccc(C2=C(C)C(=O)[C@]3(O2)C(=O)N[C@@](O)(C(O)c2ccccc2)[C@@H]3O[Si](C(C)C)(C(C)C)C(C)C)o1. The van der Waals surface area contributed by atoms with Crippen LogP contribution in [0.15, 0.2) is 52.5 Å². The maximum atomic E-state index is 14.1. The number of nitrogens with one attached hydrogen (secondary N) is 1. The minimum absolute atomic E-state index is 0.0607. The van der Waals surface area contributed by atoms with Crippen LogP contribution in [0.25, 0.3) is 5.76 Å². The summed E-state index contributed by atoms with van der Waals surface area (Å²) in [5, 5.41) is 26.3. The van der Waals surface area contributed by atoms with Gasteiger partial charge in [0.2, 0.25) is 14.1 Å². The Bertz CT molecular complexity index is 1250. The molecule has 2 aliphatic heterocycles. The Labute approximate surface area is 231 Å². The van der Waals surface area contributed by atoms with Crippen molar-refractivity contribution in [2.75, 3.05) is 0 Å². The topological polar surface area (TPSA) is 118 Å². The molecule has 1 aromatic heterocycles. The van der Waals surface area contributed by atoms with Gasteiger partial charge in [0.25, 0.3) is 11.5 Å². The second-order valence-electron chi connectivity index (χ2n) is 11.6. The average molecular weight is 556 g/mol. The maximum Gasteiger partial charge on any atom is 0.278 e. The molecule has 0 radical (unpaired) electrons. The van der Waals surface area contributed by atoms with E-state index < -0.39 is 43.5 Å². The highest BCUT2D eigenvalue weighted by Crippen LogP contribution is 2.53.